The third-order valence-corrected chi connectivity index (χ3v) is 4.76. The molecule has 8 heteroatoms. The molecule has 0 radical (unpaired) electrons. The van der Waals surface area contributed by atoms with Crippen LogP contribution in [0.1, 0.15) is 17.0 Å². The van der Waals surface area contributed by atoms with Crippen LogP contribution in [0.15, 0.2) is 59.4 Å². The second-order valence-electron chi connectivity index (χ2n) is 5.68. The lowest BCUT2D eigenvalue weighted by molar-refractivity contribution is -0.384. The Balaban J connectivity index is 1.69. The van der Waals surface area contributed by atoms with Crippen LogP contribution in [0.3, 0.4) is 0 Å². The van der Waals surface area contributed by atoms with Gasteiger partial charge < -0.3 is 0 Å². The van der Waals surface area contributed by atoms with Crippen LogP contribution in [-0.2, 0) is 0 Å². The van der Waals surface area contributed by atoms with Crippen molar-refractivity contribution in [3.8, 4) is 0 Å². The first kappa shape index (κ1) is 16.8. The Labute approximate surface area is 156 Å². The van der Waals surface area contributed by atoms with Gasteiger partial charge in [-0.3, -0.25) is 14.9 Å². The summed E-state index contributed by atoms with van der Waals surface area (Å²) in [7, 11) is 0. The molecular formula is C19H12N4O3S. The smallest absolute Gasteiger partial charge is 0.266 e. The van der Waals surface area contributed by atoms with Crippen molar-refractivity contribution in [1.82, 2.24) is 14.6 Å². The Kier molecular flexibility index (Phi) is 4.31. The van der Waals surface area contributed by atoms with Crippen LogP contribution in [0.5, 0.6) is 0 Å². The molecule has 0 fully saturated rings. The van der Waals surface area contributed by atoms with Gasteiger partial charge in [0.1, 0.15) is 0 Å². The number of nitro groups is 1. The molecule has 0 saturated heterocycles. The lowest BCUT2D eigenvalue weighted by Crippen LogP contribution is -2.23. The highest BCUT2D eigenvalue weighted by Crippen LogP contribution is 2.14. The van der Waals surface area contributed by atoms with Crippen molar-refractivity contribution in [2.75, 3.05) is 0 Å². The Bertz CT molecular complexity index is 1280. The van der Waals surface area contributed by atoms with Gasteiger partial charge in [0, 0.05) is 12.1 Å². The topological polar surface area (TPSA) is 90.4 Å². The summed E-state index contributed by atoms with van der Waals surface area (Å²) in [5.74, 6) is 0.448. The molecule has 0 aliphatic rings. The van der Waals surface area contributed by atoms with Crippen LogP contribution in [0.2, 0.25) is 0 Å². The van der Waals surface area contributed by atoms with Gasteiger partial charge in [0.25, 0.3) is 11.2 Å². The molecule has 4 rings (SSSR count). The van der Waals surface area contributed by atoms with Gasteiger partial charge in [-0.05, 0) is 23.3 Å². The summed E-state index contributed by atoms with van der Waals surface area (Å²) in [5, 5.41) is 15.1. The van der Waals surface area contributed by atoms with Crippen molar-refractivity contribution in [3.63, 3.8) is 0 Å². The fourth-order valence-corrected chi connectivity index (χ4v) is 3.45. The van der Waals surface area contributed by atoms with Gasteiger partial charge in [0.2, 0.25) is 4.96 Å². The fourth-order valence-electron chi connectivity index (χ4n) is 2.53. The minimum atomic E-state index is -0.469. The highest BCUT2D eigenvalue weighted by atomic mass is 32.1. The SMILES string of the molecule is O=c1/c(=C\c2cccc([N+](=O)[O-])c2)sc2nc(/C=C/c3ccccc3)nn12. The minimum Gasteiger partial charge on any atom is -0.266 e. The summed E-state index contributed by atoms with van der Waals surface area (Å²) in [5.41, 5.74) is 1.27. The van der Waals surface area contributed by atoms with Crippen molar-refractivity contribution >= 4 is 40.2 Å². The molecule has 0 aliphatic carbocycles. The molecule has 0 unspecified atom stereocenters. The minimum absolute atomic E-state index is 0.0241. The molecule has 2 heterocycles. The second kappa shape index (κ2) is 6.93. The van der Waals surface area contributed by atoms with E-state index in [4.69, 9.17) is 0 Å². The maximum atomic E-state index is 12.5. The average Bonchev–Trinajstić information content (AvgIpc) is 3.20. The molecule has 2 aromatic carbocycles. The summed E-state index contributed by atoms with van der Waals surface area (Å²) >= 11 is 1.19. The Morgan fingerprint density at radius 3 is 2.56 bits per heavy atom. The van der Waals surface area contributed by atoms with Gasteiger partial charge in [-0.1, -0.05) is 59.9 Å². The highest BCUT2D eigenvalue weighted by Gasteiger charge is 2.10. The Hall–Kier alpha value is -3.65. The lowest BCUT2D eigenvalue weighted by Gasteiger charge is -1.92. The van der Waals surface area contributed by atoms with E-state index in [1.54, 1.807) is 24.3 Å². The largest absolute Gasteiger partial charge is 0.291 e. The Morgan fingerprint density at radius 2 is 1.81 bits per heavy atom. The van der Waals surface area contributed by atoms with Gasteiger partial charge in [-0.15, -0.1) is 5.10 Å². The van der Waals surface area contributed by atoms with Crippen molar-refractivity contribution in [2.24, 2.45) is 0 Å². The molecule has 0 saturated carbocycles. The normalized spacial score (nSPS) is 12.2. The molecule has 0 amide bonds. The number of benzene rings is 2. The maximum Gasteiger partial charge on any atom is 0.291 e. The van der Waals surface area contributed by atoms with E-state index in [0.717, 1.165) is 5.56 Å². The van der Waals surface area contributed by atoms with E-state index < -0.39 is 4.92 Å². The van der Waals surface area contributed by atoms with Crippen LogP contribution < -0.4 is 10.1 Å². The van der Waals surface area contributed by atoms with Crippen molar-refractivity contribution in [2.45, 2.75) is 0 Å². The number of nitro benzene ring substituents is 1. The van der Waals surface area contributed by atoms with Crippen LogP contribution in [0.4, 0.5) is 5.69 Å². The number of fused-ring (bicyclic) bond motifs is 1. The Morgan fingerprint density at radius 1 is 1.04 bits per heavy atom. The predicted molar refractivity (Wildman–Crippen MR) is 104 cm³/mol. The molecule has 0 spiro atoms. The molecular weight excluding hydrogens is 364 g/mol. The first-order chi connectivity index (χ1) is 13.1. The molecule has 0 bridgehead atoms. The second-order valence-corrected chi connectivity index (χ2v) is 6.69. The first-order valence-electron chi connectivity index (χ1n) is 7.99. The van der Waals surface area contributed by atoms with Gasteiger partial charge >= 0.3 is 0 Å². The number of non-ortho nitro benzene ring substituents is 1. The summed E-state index contributed by atoms with van der Waals surface area (Å²) in [6, 6.07) is 15.8. The van der Waals surface area contributed by atoms with Crippen LogP contribution in [0, 0.1) is 10.1 Å². The molecule has 0 N–H and O–H groups in total. The molecule has 7 nitrogen and oxygen atoms in total. The third-order valence-electron chi connectivity index (χ3n) is 3.80. The van der Waals surface area contributed by atoms with Crippen LogP contribution in [-0.4, -0.2) is 19.5 Å². The molecule has 0 aliphatic heterocycles. The number of thiazole rings is 1. The number of nitrogens with zero attached hydrogens (tertiary/aromatic N) is 4. The highest BCUT2D eigenvalue weighted by molar-refractivity contribution is 7.15. The predicted octanol–water partition coefficient (Wildman–Crippen LogP) is 2.78. The summed E-state index contributed by atoms with van der Waals surface area (Å²) in [4.78, 5) is 27.8. The van der Waals surface area contributed by atoms with Gasteiger partial charge in [0.15, 0.2) is 5.82 Å². The summed E-state index contributed by atoms with van der Waals surface area (Å²) in [6.45, 7) is 0. The zero-order valence-electron chi connectivity index (χ0n) is 13.9. The lowest BCUT2D eigenvalue weighted by atomic mass is 10.2. The molecule has 132 valence electrons. The summed E-state index contributed by atoms with van der Waals surface area (Å²) in [6.07, 6.45) is 5.23. The van der Waals surface area contributed by atoms with E-state index in [2.05, 4.69) is 10.1 Å². The zero-order valence-corrected chi connectivity index (χ0v) is 14.7. The number of hydrogen-bond donors (Lipinski definition) is 0. The molecule has 4 aromatic rings. The van der Waals surface area contributed by atoms with Crippen molar-refractivity contribution < 1.29 is 4.92 Å². The van der Waals surface area contributed by atoms with Crippen molar-refractivity contribution in [1.29, 1.82) is 0 Å². The molecule has 27 heavy (non-hydrogen) atoms. The van der Waals surface area contributed by atoms with Crippen molar-refractivity contribution in [3.05, 3.63) is 96.5 Å². The van der Waals surface area contributed by atoms with E-state index >= 15 is 0 Å². The summed E-state index contributed by atoms with van der Waals surface area (Å²) < 4.78 is 1.67. The van der Waals surface area contributed by atoms with Gasteiger partial charge in [-0.25, -0.2) is 0 Å². The van der Waals surface area contributed by atoms with E-state index in [1.165, 1.54) is 28.0 Å². The number of hydrogen-bond acceptors (Lipinski definition) is 6. The van der Waals surface area contributed by atoms with Gasteiger partial charge in [-0.2, -0.15) is 9.50 Å². The van der Waals surface area contributed by atoms with Crippen LogP contribution in [0.25, 0.3) is 23.2 Å². The van der Waals surface area contributed by atoms with E-state index in [1.807, 2.05) is 36.4 Å². The molecule has 0 atom stereocenters. The fraction of sp³-hybridized carbons (Fsp3) is 0. The average molecular weight is 376 g/mol. The molecule has 2 aromatic heterocycles. The number of rotatable bonds is 4. The zero-order chi connectivity index (χ0) is 18.8. The monoisotopic (exact) mass is 376 g/mol. The number of aromatic nitrogens is 3. The van der Waals surface area contributed by atoms with E-state index in [0.29, 0.717) is 20.9 Å². The standard InChI is InChI=1S/C19H12N4O3S/c24-18-16(12-14-7-4-8-15(11-14)23(25)26)27-19-20-17(21-22(18)19)10-9-13-5-2-1-3-6-13/h1-12H/b10-9+,16-12+. The third kappa shape index (κ3) is 3.51. The van der Waals surface area contributed by atoms with Crippen LogP contribution >= 0.6 is 11.3 Å². The maximum absolute atomic E-state index is 12.5. The van der Waals surface area contributed by atoms with Gasteiger partial charge in [0.05, 0.1) is 9.46 Å². The first-order valence-corrected chi connectivity index (χ1v) is 8.81. The van der Waals surface area contributed by atoms with E-state index in [9.17, 15) is 14.9 Å². The van der Waals surface area contributed by atoms with E-state index in [-0.39, 0.29) is 11.2 Å². The quantitative estimate of drug-likeness (QED) is 0.403.